The Hall–Kier alpha value is -0.570. The molecule has 3 nitrogen and oxygen atoms in total. The van der Waals surface area contributed by atoms with E-state index in [0.29, 0.717) is 37.4 Å². The summed E-state index contributed by atoms with van der Waals surface area (Å²) < 4.78 is 10.9. The van der Waals surface area contributed by atoms with Crippen LogP contribution in [0.4, 0.5) is 0 Å². The molecule has 0 saturated heterocycles. The lowest BCUT2D eigenvalue weighted by Gasteiger charge is -2.36. The van der Waals surface area contributed by atoms with Gasteiger partial charge < -0.3 is 9.47 Å². The van der Waals surface area contributed by atoms with Crippen LogP contribution >= 0.6 is 0 Å². The molecule has 3 atom stereocenters. The van der Waals surface area contributed by atoms with Gasteiger partial charge in [0.15, 0.2) is 0 Å². The van der Waals surface area contributed by atoms with Gasteiger partial charge in [-0.15, -0.1) is 0 Å². The third-order valence-electron chi connectivity index (χ3n) is 3.90. The zero-order chi connectivity index (χ0) is 13.5. The van der Waals surface area contributed by atoms with Crippen molar-refractivity contribution in [3.8, 4) is 0 Å². The van der Waals surface area contributed by atoms with Crippen LogP contribution in [-0.2, 0) is 14.3 Å². The van der Waals surface area contributed by atoms with Crippen LogP contribution in [0.25, 0.3) is 0 Å². The Morgan fingerprint density at radius 3 is 2.67 bits per heavy atom. The molecule has 106 valence electrons. The Morgan fingerprint density at radius 2 is 2.06 bits per heavy atom. The summed E-state index contributed by atoms with van der Waals surface area (Å²) in [5, 5.41) is 0. The molecule has 0 bridgehead atoms. The molecule has 0 unspecified atom stereocenters. The van der Waals surface area contributed by atoms with Gasteiger partial charge in [-0.3, -0.25) is 4.79 Å². The lowest BCUT2D eigenvalue weighted by Crippen LogP contribution is -2.36. The highest BCUT2D eigenvalue weighted by Crippen LogP contribution is 2.35. The standard InChI is InChI=1S/C15H28O3/c1-5-17-9-8-15(16)18-14-10-12(4)6-7-13(14)11(2)3/h11-14H,5-10H2,1-4H3/t12-,13+,14+/m0/s1. The predicted octanol–water partition coefficient (Wildman–Crippen LogP) is 3.42. The second-order valence-corrected chi connectivity index (χ2v) is 5.80. The molecular weight excluding hydrogens is 228 g/mol. The van der Waals surface area contributed by atoms with Gasteiger partial charge >= 0.3 is 5.97 Å². The summed E-state index contributed by atoms with van der Waals surface area (Å²) in [4.78, 5) is 11.8. The smallest absolute Gasteiger partial charge is 0.308 e. The SMILES string of the molecule is CCOCCC(=O)O[C@@H]1C[C@@H](C)CC[C@@H]1C(C)C. The monoisotopic (exact) mass is 256 g/mol. The number of carbonyl (C=O) groups is 1. The second-order valence-electron chi connectivity index (χ2n) is 5.80. The molecule has 0 heterocycles. The Morgan fingerprint density at radius 1 is 1.33 bits per heavy atom. The van der Waals surface area contributed by atoms with Crippen molar-refractivity contribution in [1.82, 2.24) is 0 Å². The van der Waals surface area contributed by atoms with Gasteiger partial charge in [-0.05, 0) is 37.5 Å². The fourth-order valence-corrected chi connectivity index (χ4v) is 2.78. The summed E-state index contributed by atoms with van der Waals surface area (Å²) in [6.45, 7) is 9.76. The van der Waals surface area contributed by atoms with Crippen molar-refractivity contribution in [1.29, 1.82) is 0 Å². The van der Waals surface area contributed by atoms with E-state index in [-0.39, 0.29) is 12.1 Å². The summed E-state index contributed by atoms with van der Waals surface area (Å²) in [6.07, 6.45) is 3.95. The molecule has 0 aromatic heterocycles. The topological polar surface area (TPSA) is 35.5 Å². The summed E-state index contributed by atoms with van der Waals surface area (Å²) in [5.74, 6) is 1.68. The van der Waals surface area contributed by atoms with E-state index < -0.39 is 0 Å². The van der Waals surface area contributed by atoms with Gasteiger partial charge in [-0.1, -0.05) is 27.2 Å². The molecule has 18 heavy (non-hydrogen) atoms. The first kappa shape index (κ1) is 15.5. The van der Waals surface area contributed by atoms with Crippen molar-refractivity contribution in [2.75, 3.05) is 13.2 Å². The van der Waals surface area contributed by atoms with E-state index in [0.717, 1.165) is 6.42 Å². The van der Waals surface area contributed by atoms with E-state index in [1.54, 1.807) is 0 Å². The number of hydrogen-bond acceptors (Lipinski definition) is 3. The first-order valence-corrected chi connectivity index (χ1v) is 7.31. The Labute approximate surface area is 111 Å². The van der Waals surface area contributed by atoms with E-state index in [9.17, 15) is 4.79 Å². The Bertz CT molecular complexity index is 250. The van der Waals surface area contributed by atoms with Gasteiger partial charge in [0, 0.05) is 6.61 Å². The molecule has 1 rings (SSSR count). The van der Waals surface area contributed by atoms with Crippen LogP contribution in [0.2, 0.25) is 0 Å². The predicted molar refractivity (Wildman–Crippen MR) is 72.3 cm³/mol. The summed E-state index contributed by atoms with van der Waals surface area (Å²) >= 11 is 0. The largest absolute Gasteiger partial charge is 0.462 e. The fraction of sp³-hybridized carbons (Fsp3) is 0.933. The average Bonchev–Trinajstić information content (AvgIpc) is 2.29. The summed E-state index contributed by atoms with van der Waals surface area (Å²) in [7, 11) is 0. The third-order valence-corrected chi connectivity index (χ3v) is 3.90. The minimum atomic E-state index is -0.104. The maximum Gasteiger partial charge on any atom is 0.308 e. The van der Waals surface area contributed by atoms with Gasteiger partial charge in [0.25, 0.3) is 0 Å². The zero-order valence-electron chi connectivity index (χ0n) is 12.3. The maximum absolute atomic E-state index is 11.8. The van der Waals surface area contributed by atoms with E-state index in [4.69, 9.17) is 9.47 Å². The number of rotatable bonds is 6. The summed E-state index contributed by atoms with van der Waals surface area (Å²) in [6, 6.07) is 0. The molecule has 0 aromatic rings. The molecule has 1 saturated carbocycles. The summed E-state index contributed by atoms with van der Waals surface area (Å²) in [5.41, 5.74) is 0. The number of hydrogen-bond donors (Lipinski definition) is 0. The highest BCUT2D eigenvalue weighted by atomic mass is 16.5. The van der Waals surface area contributed by atoms with E-state index in [1.165, 1.54) is 12.8 Å². The molecular formula is C15H28O3. The van der Waals surface area contributed by atoms with Gasteiger partial charge in [-0.2, -0.15) is 0 Å². The molecule has 0 aliphatic heterocycles. The fourth-order valence-electron chi connectivity index (χ4n) is 2.78. The molecule has 0 aromatic carbocycles. The van der Waals surface area contributed by atoms with E-state index in [1.807, 2.05) is 6.92 Å². The average molecular weight is 256 g/mol. The molecule has 0 radical (unpaired) electrons. The number of ether oxygens (including phenoxy) is 2. The quantitative estimate of drug-likeness (QED) is 0.539. The van der Waals surface area contributed by atoms with Crippen molar-refractivity contribution in [3.63, 3.8) is 0 Å². The van der Waals surface area contributed by atoms with Crippen molar-refractivity contribution in [2.24, 2.45) is 17.8 Å². The highest BCUT2D eigenvalue weighted by molar-refractivity contribution is 5.69. The molecule has 1 fully saturated rings. The third kappa shape index (κ3) is 4.97. The van der Waals surface area contributed by atoms with E-state index >= 15 is 0 Å². The Kier molecular flexibility index (Phi) is 6.69. The van der Waals surface area contributed by atoms with Crippen molar-refractivity contribution in [2.45, 2.75) is 59.5 Å². The van der Waals surface area contributed by atoms with Crippen LogP contribution in [-0.4, -0.2) is 25.3 Å². The second kappa shape index (κ2) is 7.78. The molecule has 0 spiro atoms. The normalized spacial score (nSPS) is 28.4. The lowest BCUT2D eigenvalue weighted by atomic mass is 9.75. The minimum Gasteiger partial charge on any atom is -0.462 e. The number of esters is 1. The van der Waals surface area contributed by atoms with Gasteiger partial charge in [0.2, 0.25) is 0 Å². The minimum absolute atomic E-state index is 0.104. The van der Waals surface area contributed by atoms with Crippen LogP contribution in [0.1, 0.15) is 53.4 Å². The van der Waals surface area contributed by atoms with Crippen LogP contribution in [0.5, 0.6) is 0 Å². The zero-order valence-corrected chi connectivity index (χ0v) is 12.3. The Balaban J connectivity index is 2.42. The molecule has 1 aliphatic rings. The van der Waals surface area contributed by atoms with E-state index in [2.05, 4.69) is 20.8 Å². The van der Waals surface area contributed by atoms with Crippen LogP contribution in [0, 0.1) is 17.8 Å². The van der Waals surface area contributed by atoms with Gasteiger partial charge in [0.1, 0.15) is 6.10 Å². The molecule has 0 amide bonds. The van der Waals surface area contributed by atoms with Crippen molar-refractivity contribution < 1.29 is 14.3 Å². The molecule has 1 aliphatic carbocycles. The first-order chi connectivity index (χ1) is 8.54. The van der Waals surface area contributed by atoms with Gasteiger partial charge in [0.05, 0.1) is 13.0 Å². The van der Waals surface area contributed by atoms with Crippen LogP contribution in [0.15, 0.2) is 0 Å². The van der Waals surface area contributed by atoms with Crippen LogP contribution in [0.3, 0.4) is 0 Å². The molecule has 0 N–H and O–H groups in total. The van der Waals surface area contributed by atoms with Gasteiger partial charge in [-0.25, -0.2) is 0 Å². The molecule has 3 heteroatoms. The lowest BCUT2D eigenvalue weighted by molar-refractivity contribution is -0.157. The highest BCUT2D eigenvalue weighted by Gasteiger charge is 2.33. The van der Waals surface area contributed by atoms with Crippen molar-refractivity contribution in [3.05, 3.63) is 0 Å². The first-order valence-electron chi connectivity index (χ1n) is 7.31. The van der Waals surface area contributed by atoms with Crippen LogP contribution < -0.4 is 0 Å². The van der Waals surface area contributed by atoms with Crippen molar-refractivity contribution >= 4 is 5.97 Å². The maximum atomic E-state index is 11.8. The number of carbonyl (C=O) groups excluding carboxylic acids is 1.